The number of hydrogen-bond donors (Lipinski definition) is 2. The first-order valence-electron chi connectivity index (χ1n) is 8.72. The molecule has 0 bridgehead atoms. The van der Waals surface area contributed by atoms with Crippen molar-refractivity contribution in [3.63, 3.8) is 0 Å². The minimum atomic E-state index is -0.150. The molecule has 2 aromatic heterocycles. The van der Waals surface area contributed by atoms with Crippen molar-refractivity contribution in [2.75, 3.05) is 0 Å². The highest BCUT2D eigenvalue weighted by Crippen LogP contribution is 2.20. The summed E-state index contributed by atoms with van der Waals surface area (Å²) in [5.74, 6) is -0.150. The van der Waals surface area contributed by atoms with Gasteiger partial charge in [-0.05, 0) is 17.2 Å². The molecule has 6 nitrogen and oxygen atoms in total. The van der Waals surface area contributed by atoms with E-state index in [1.54, 1.807) is 12.4 Å². The van der Waals surface area contributed by atoms with Crippen molar-refractivity contribution in [1.82, 2.24) is 25.3 Å². The van der Waals surface area contributed by atoms with Gasteiger partial charge in [0.1, 0.15) is 0 Å². The quantitative estimate of drug-likeness (QED) is 0.556. The number of carbonyl (C=O) groups is 1. The number of nitrogens with one attached hydrogen (secondary N) is 2. The van der Waals surface area contributed by atoms with E-state index in [1.165, 1.54) is 0 Å². The number of H-pyrrole nitrogens is 1. The Kier molecular flexibility index (Phi) is 4.78. The van der Waals surface area contributed by atoms with Crippen molar-refractivity contribution in [3.8, 4) is 11.3 Å². The molecule has 4 aromatic rings. The molecule has 0 aliphatic heterocycles. The summed E-state index contributed by atoms with van der Waals surface area (Å²) in [6, 6.07) is 19.8. The smallest absolute Gasteiger partial charge is 0.255 e. The molecular weight excluding hydrogens is 338 g/mol. The van der Waals surface area contributed by atoms with E-state index in [9.17, 15) is 4.79 Å². The van der Waals surface area contributed by atoms with E-state index in [0.717, 1.165) is 28.9 Å². The van der Waals surface area contributed by atoms with Crippen LogP contribution in [0.15, 0.2) is 79.3 Å². The molecule has 6 heteroatoms. The topological polar surface area (TPSA) is 75.6 Å². The van der Waals surface area contributed by atoms with Gasteiger partial charge in [0.05, 0.1) is 24.0 Å². The Hall–Kier alpha value is -3.67. The van der Waals surface area contributed by atoms with Crippen molar-refractivity contribution in [2.45, 2.75) is 13.1 Å². The monoisotopic (exact) mass is 357 g/mol. The Bertz CT molecular complexity index is 1000. The third-order valence-electron chi connectivity index (χ3n) is 4.33. The molecule has 134 valence electrons. The summed E-state index contributed by atoms with van der Waals surface area (Å²) < 4.78 is 1.88. The molecule has 0 saturated heterocycles. The maximum absolute atomic E-state index is 12.6. The first kappa shape index (κ1) is 16.8. The van der Waals surface area contributed by atoms with Crippen LogP contribution in [0.5, 0.6) is 0 Å². The number of rotatable bonds is 6. The van der Waals surface area contributed by atoms with E-state index in [0.29, 0.717) is 12.1 Å². The molecular formula is C21H19N5O. The fourth-order valence-corrected chi connectivity index (χ4v) is 2.90. The highest BCUT2D eigenvalue weighted by molar-refractivity contribution is 5.99. The molecule has 0 saturated carbocycles. The third kappa shape index (κ3) is 3.95. The van der Waals surface area contributed by atoms with Crippen LogP contribution in [0.4, 0.5) is 0 Å². The molecule has 4 rings (SSSR count). The second-order valence-corrected chi connectivity index (χ2v) is 6.23. The summed E-state index contributed by atoms with van der Waals surface area (Å²) in [4.78, 5) is 12.6. The van der Waals surface area contributed by atoms with Gasteiger partial charge < -0.3 is 5.32 Å². The Labute approximate surface area is 156 Å². The average molecular weight is 357 g/mol. The van der Waals surface area contributed by atoms with Gasteiger partial charge in [0.25, 0.3) is 5.91 Å². The Morgan fingerprint density at radius 2 is 1.78 bits per heavy atom. The van der Waals surface area contributed by atoms with Crippen molar-refractivity contribution in [3.05, 3.63) is 95.9 Å². The second-order valence-electron chi connectivity index (χ2n) is 6.23. The minimum Gasteiger partial charge on any atom is -0.348 e. The number of amides is 1. The zero-order valence-electron chi connectivity index (χ0n) is 14.7. The average Bonchev–Trinajstić information content (AvgIpc) is 3.40. The van der Waals surface area contributed by atoms with Crippen LogP contribution in [-0.2, 0) is 13.1 Å². The van der Waals surface area contributed by atoms with E-state index < -0.39 is 0 Å². The molecule has 0 atom stereocenters. The predicted molar refractivity (Wildman–Crippen MR) is 103 cm³/mol. The van der Waals surface area contributed by atoms with Crippen LogP contribution >= 0.6 is 0 Å². The molecule has 2 aromatic carbocycles. The highest BCUT2D eigenvalue weighted by atomic mass is 16.1. The molecule has 2 heterocycles. The number of carbonyl (C=O) groups excluding carboxylic acids is 1. The van der Waals surface area contributed by atoms with Gasteiger partial charge in [0.15, 0.2) is 0 Å². The molecule has 2 N–H and O–H groups in total. The largest absolute Gasteiger partial charge is 0.348 e. The van der Waals surface area contributed by atoms with Gasteiger partial charge >= 0.3 is 0 Å². The first-order chi connectivity index (χ1) is 13.3. The summed E-state index contributed by atoms with van der Waals surface area (Å²) in [6.07, 6.45) is 5.26. The molecule has 0 fully saturated rings. The van der Waals surface area contributed by atoms with Crippen LogP contribution < -0.4 is 5.32 Å². The first-order valence-corrected chi connectivity index (χ1v) is 8.72. The van der Waals surface area contributed by atoms with Crippen molar-refractivity contribution < 1.29 is 4.79 Å². The zero-order valence-corrected chi connectivity index (χ0v) is 14.7. The van der Waals surface area contributed by atoms with Crippen LogP contribution in [-0.4, -0.2) is 25.9 Å². The minimum absolute atomic E-state index is 0.150. The molecule has 1 amide bonds. The SMILES string of the molecule is O=C(NCc1ccc(Cn2cccn2)cc1)c1cn[nH]c1-c1ccccc1. The number of aromatic amines is 1. The van der Waals surface area contributed by atoms with Crippen molar-refractivity contribution in [1.29, 1.82) is 0 Å². The van der Waals surface area contributed by atoms with Gasteiger partial charge in [-0.3, -0.25) is 14.6 Å². The van der Waals surface area contributed by atoms with Crippen LogP contribution in [0.2, 0.25) is 0 Å². The van der Waals surface area contributed by atoms with Gasteiger partial charge in [-0.25, -0.2) is 0 Å². The summed E-state index contributed by atoms with van der Waals surface area (Å²) in [6.45, 7) is 1.19. The molecule has 0 unspecified atom stereocenters. The lowest BCUT2D eigenvalue weighted by Gasteiger charge is -2.07. The maximum Gasteiger partial charge on any atom is 0.255 e. The van der Waals surface area contributed by atoms with Gasteiger partial charge in [-0.2, -0.15) is 10.2 Å². The Morgan fingerprint density at radius 1 is 1.00 bits per heavy atom. The lowest BCUT2D eigenvalue weighted by atomic mass is 10.1. The van der Waals surface area contributed by atoms with E-state index in [1.807, 2.05) is 59.4 Å². The molecule has 0 aliphatic rings. The lowest BCUT2D eigenvalue weighted by Crippen LogP contribution is -2.23. The Morgan fingerprint density at radius 3 is 2.52 bits per heavy atom. The van der Waals surface area contributed by atoms with Crippen LogP contribution in [0.25, 0.3) is 11.3 Å². The molecule has 0 aliphatic carbocycles. The van der Waals surface area contributed by atoms with Gasteiger partial charge in [-0.1, -0.05) is 54.6 Å². The normalized spacial score (nSPS) is 10.7. The molecule has 0 radical (unpaired) electrons. The van der Waals surface area contributed by atoms with E-state index in [4.69, 9.17) is 0 Å². The lowest BCUT2D eigenvalue weighted by molar-refractivity contribution is 0.0951. The highest BCUT2D eigenvalue weighted by Gasteiger charge is 2.14. The second kappa shape index (κ2) is 7.70. The maximum atomic E-state index is 12.6. The zero-order chi connectivity index (χ0) is 18.5. The van der Waals surface area contributed by atoms with Crippen molar-refractivity contribution in [2.24, 2.45) is 0 Å². The fourth-order valence-electron chi connectivity index (χ4n) is 2.90. The van der Waals surface area contributed by atoms with Gasteiger partial charge in [0, 0.05) is 24.5 Å². The summed E-state index contributed by atoms with van der Waals surface area (Å²) in [5, 5.41) is 14.1. The third-order valence-corrected chi connectivity index (χ3v) is 4.33. The summed E-state index contributed by atoms with van der Waals surface area (Å²) in [7, 11) is 0. The fraction of sp³-hybridized carbons (Fsp3) is 0.0952. The number of nitrogens with zero attached hydrogens (tertiary/aromatic N) is 3. The summed E-state index contributed by atoms with van der Waals surface area (Å²) in [5.41, 5.74) is 4.40. The van der Waals surface area contributed by atoms with E-state index in [2.05, 4.69) is 32.7 Å². The Balaban J connectivity index is 1.39. The predicted octanol–water partition coefficient (Wildman–Crippen LogP) is 3.25. The van der Waals surface area contributed by atoms with E-state index >= 15 is 0 Å². The number of benzene rings is 2. The van der Waals surface area contributed by atoms with Gasteiger partial charge in [0.2, 0.25) is 0 Å². The molecule has 0 spiro atoms. The standard InChI is InChI=1S/C21H19N5O/c27-21(19-14-23-25-20(19)18-5-2-1-3-6-18)22-13-16-7-9-17(10-8-16)15-26-12-4-11-24-26/h1-12,14H,13,15H2,(H,22,27)(H,23,25). The van der Waals surface area contributed by atoms with Crippen LogP contribution in [0.3, 0.4) is 0 Å². The molecule has 27 heavy (non-hydrogen) atoms. The van der Waals surface area contributed by atoms with E-state index in [-0.39, 0.29) is 5.91 Å². The van der Waals surface area contributed by atoms with Crippen LogP contribution in [0.1, 0.15) is 21.5 Å². The van der Waals surface area contributed by atoms with Gasteiger partial charge in [-0.15, -0.1) is 0 Å². The summed E-state index contributed by atoms with van der Waals surface area (Å²) >= 11 is 0. The van der Waals surface area contributed by atoms with Crippen molar-refractivity contribution >= 4 is 5.91 Å². The number of aromatic nitrogens is 4. The van der Waals surface area contributed by atoms with Crippen LogP contribution in [0, 0.1) is 0 Å². The number of hydrogen-bond acceptors (Lipinski definition) is 3.